The van der Waals surface area contributed by atoms with Crippen LogP contribution in [0.25, 0.3) is 0 Å². The van der Waals surface area contributed by atoms with E-state index in [9.17, 15) is 18.4 Å². The first-order valence-electron chi connectivity index (χ1n) is 5.69. The van der Waals surface area contributed by atoms with Gasteiger partial charge in [-0.05, 0) is 24.3 Å². The standard InChI is InChI=1S/C11H12F2N2O3S/c12-11(13)18-7-3-5-19-8(7)10(17)15-6-2-1-4-14-9(6)16/h3,5-6,11H,1-2,4H2,(H,14,16)(H,15,17)/t6-/m0/s1. The van der Waals surface area contributed by atoms with Crippen molar-refractivity contribution >= 4 is 23.2 Å². The first-order chi connectivity index (χ1) is 9.08. The van der Waals surface area contributed by atoms with Crippen molar-refractivity contribution in [2.75, 3.05) is 6.54 Å². The quantitative estimate of drug-likeness (QED) is 0.880. The van der Waals surface area contributed by atoms with E-state index in [4.69, 9.17) is 0 Å². The fourth-order valence-corrected chi connectivity index (χ4v) is 2.51. The smallest absolute Gasteiger partial charge is 0.387 e. The van der Waals surface area contributed by atoms with Crippen molar-refractivity contribution in [3.63, 3.8) is 0 Å². The van der Waals surface area contributed by atoms with Gasteiger partial charge in [-0.2, -0.15) is 8.78 Å². The highest BCUT2D eigenvalue weighted by Crippen LogP contribution is 2.26. The summed E-state index contributed by atoms with van der Waals surface area (Å²) in [6, 6.07) is 0.676. The monoisotopic (exact) mass is 290 g/mol. The van der Waals surface area contributed by atoms with Crippen LogP contribution in [-0.2, 0) is 4.79 Å². The van der Waals surface area contributed by atoms with Gasteiger partial charge in [0.05, 0.1) is 0 Å². The molecule has 2 heterocycles. The van der Waals surface area contributed by atoms with Crippen molar-refractivity contribution < 1.29 is 23.1 Å². The van der Waals surface area contributed by atoms with Gasteiger partial charge in [-0.25, -0.2) is 0 Å². The minimum absolute atomic E-state index is 0.0404. The van der Waals surface area contributed by atoms with Crippen molar-refractivity contribution in [2.24, 2.45) is 0 Å². The van der Waals surface area contributed by atoms with Gasteiger partial charge in [-0.15, -0.1) is 11.3 Å². The molecule has 1 saturated heterocycles. The molecule has 2 amide bonds. The maximum Gasteiger partial charge on any atom is 0.387 e. The number of carbonyl (C=O) groups excluding carboxylic acids is 2. The van der Waals surface area contributed by atoms with Gasteiger partial charge in [0.25, 0.3) is 5.91 Å². The number of halogens is 2. The average molecular weight is 290 g/mol. The number of hydrogen-bond acceptors (Lipinski definition) is 4. The fraction of sp³-hybridized carbons (Fsp3) is 0.455. The Morgan fingerprint density at radius 2 is 2.37 bits per heavy atom. The Hall–Kier alpha value is -1.70. The summed E-state index contributed by atoms with van der Waals surface area (Å²) in [5.41, 5.74) is 0. The average Bonchev–Trinajstić information content (AvgIpc) is 2.79. The van der Waals surface area contributed by atoms with Gasteiger partial charge in [-0.3, -0.25) is 9.59 Å². The molecule has 5 nitrogen and oxygen atoms in total. The normalized spacial score (nSPS) is 19.1. The summed E-state index contributed by atoms with van der Waals surface area (Å²) >= 11 is 0.987. The number of nitrogens with one attached hydrogen (secondary N) is 2. The van der Waals surface area contributed by atoms with Crippen LogP contribution in [0.3, 0.4) is 0 Å². The highest BCUT2D eigenvalue weighted by Gasteiger charge is 2.26. The number of thiophene rings is 1. The van der Waals surface area contributed by atoms with Crippen LogP contribution in [0.5, 0.6) is 5.75 Å². The maximum atomic E-state index is 12.1. The number of ether oxygens (including phenoxy) is 1. The van der Waals surface area contributed by atoms with E-state index >= 15 is 0 Å². The zero-order valence-corrected chi connectivity index (χ0v) is 10.6. The molecular weight excluding hydrogens is 278 g/mol. The van der Waals surface area contributed by atoms with Crippen LogP contribution in [0.4, 0.5) is 8.78 Å². The summed E-state index contributed by atoms with van der Waals surface area (Å²) < 4.78 is 28.5. The van der Waals surface area contributed by atoms with E-state index in [1.807, 2.05) is 0 Å². The Labute approximate surface area is 111 Å². The summed E-state index contributed by atoms with van der Waals surface area (Å²) in [6.45, 7) is -2.40. The van der Waals surface area contributed by atoms with Crippen LogP contribution in [-0.4, -0.2) is 31.0 Å². The third kappa shape index (κ3) is 3.40. The van der Waals surface area contributed by atoms with Gasteiger partial charge in [0.1, 0.15) is 16.7 Å². The fourth-order valence-electron chi connectivity index (χ4n) is 1.79. The Morgan fingerprint density at radius 3 is 3.05 bits per heavy atom. The predicted octanol–water partition coefficient (Wildman–Crippen LogP) is 1.36. The van der Waals surface area contributed by atoms with E-state index in [-0.39, 0.29) is 16.5 Å². The van der Waals surface area contributed by atoms with E-state index in [0.717, 1.165) is 17.8 Å². The van der Waals surface area contributed by atoms with Crippen LogP contribution in [0.1, 0.15) is 22.5 Å². The molecule has 0 aromatic carbocycles. The molecule has 0 bridgehead atoms. The molecule has 1 aromatic heterocycles. The van der Waals surface area contributed by atoms with Gasteiger partial charge in [0, 0.05) is 6.54 Å². The summed E-state index contributed by atoms with van der Waals surface area (Å²) in [6.07, 6.45) is 1.30. The highest BCUT2D eigenvalue weighted by atomic mass is 32.1. The Bertz CT molecular complexity index is 478. The first kappa shape index (κ1) is 13.7. The number of piperidine rings is 1. The molecule has 0 spiro atoms. The maximum absolute atomic E-state index is 12.1. The lowest BCUT2D eigenvalue weighted by molar-refractivity contribution is -0.124. The lowest BCUT2D eigenvalue weighted by atomic mass is 10.1. The number of rotatable bonds is 4. The van der Waals surface area contributed by atoms with Crippen LogP contribution < -0.4 is 15.4 Å². The molecule has 1 fully saturated rings. The van der Waals surface area contributed by atoms with Crippen molar-refractivity contribution in [3.05, 3.63) is 16.3 Å². The Morgan fingerprint density at radius 1 is 1.58 bits per heavy atom. The van der Waals surface area contributed by atoms with Crippen molar-refractivity contribution in [1.29, 1.82) is 0 Å². The second-order valence-electron chi connectivity index (χ2n) is 3.95. The minimum Gasteiger partial charge on any atom is -0.433 e. The molecule has 2 N–H and O–H groups in total. The lowest BCUT2D eigenvalue weighted by Crippen LogP contribution is -2.50. The van der Waals surface area contributed by atoms with E-state index in [2.05, 4.69) is 15.4 Å². The molecule has 19 heavy (non-hydrogen) atoms. The largest absolute Gasteiger partial charge is 0.433 e. The number of amides is 2. The Balaban J connectivity index is 2.03. The number of hydrogen-bond donors (Lipinski definition) is 2. The van der Waals surface area contributed by atoms with E-state index < -0.39 is 18.6 Å². The molecule has 1 aliphatic heterocycles. The molecule has 1 aliphatic rings. The summed E-state index contributed by atoms with van der Waals surface area (Å²) in [5.74, 6) is -1.01. The molecule has 1 aromatic rings. The second kappa shape index (κ2) is 5.96. The predicted molar refractivity (Wildman–Crippen MR) is 64.4 cm³/mol. The molecule has 2 rings (SSSR count). The SMILES string of the molecule is O=C(N[C@H]1CCCNC1=O)c1sccc1OC(F)F. The minimum atomic E-state index is -2.99. The molecular formula is C11H12F2N2O3S. The van der Waals surface area contributed by atoms with Crippen molar-refractivity contribution in [2.45, 2.75) is 25.5 Å². The number of alkyl halides is 2. The molecule has 1 atom stereocenters. The van der Waals surface area contributed by atoms with Crippen LogP contribution in [0, 0.1) is 0 Å². The molecule has 0 aliphatic carbocycles. The van der Waals surface area contributed by atoms with E-state index in [0.29, 0.717) is 13.0 Å². The zero-order chi connectivity index (χ0) is 13.8. The molecule has 104 valence electrons. The zero-order valence-electron chi connectivity index (χ0n) is 9.82. The van der Waals surface area contributed by atoms with E-state index in [1.54, 1.807) is 0 Å². The third-order valence-electron chi connectivity index (χ3n) is 2.64. The van der Waals surface area contributed by atoms with E-state index in [1.165, 1.54) is 11.4 Å². The van der Waals surface area contributed by atoms with Crippen molar-refractivity contribution in [1.82, 2.24) is 10.6 Å². The van der Waals surface area contributed by atoms with Crippen molar-refractivity contribution in [3.8, 4) is 5.75 Å². The topological polar surface area (TPSA) is 67.4 Å². The van der Waals surface area contributed by atoms with Crippen LogP contribution >= 0.6 is 11.3 Å². The lowest BCUT2D eigenvalue weighted by Gasteiger charge is -2.22. The molecule has 8 heteroatoms. The molecule has 0 saturated carbocycles. The molecule has 0 radical (unpaired) electrons. The summed E-state index contributed by atoms with van der Waals surface area (Å²) in [5, 5.41) is 6.63. The third-order valence-corrected chi connectivity index (χ3v) is 3.54. The number of carbonyl (C=O) groups is 2. The molecule has 0 unspecified atom stereocenters. The van der Waals surface area contributed by atoms with Gasteiger partial charge in [0.2, 0.25) is 5.91 Å². The van der Waals surface area contributed by atoms with Gasteiger partial charge >= 0.3 is 6.61 Å². The van der Waals surface area contributed by atoms with Crippen LogP contribution in [0.15, 0.2) is 11.4 Å². The van der Waals surface area contributed by atoms with Gasteiger partial charge in [-0.1, -0.05) is 0 Å². The first-order valence-corrected chi connectivity index (χ1v) is 6.57. The summed E-state index contributed by atoms with van der Waals surface area (Å²) in [7, 11) is 0. The Kier molecular flexibility index (Phi) is 4.31. The van der Waals surface area contributed by atoms with Gasteiger partial charge < -0.3 is 15.4 Å². The highest BCUT2D eigenvalue weighted by molar-refractivity contribution is 7.12. The summed E-state index contributed by atoms with van der Waals surface area (Å²) in [4.78, 5) is 23.4. The second-order valence-corrected chi connectivity index (χ2v) is 4.87. The van der Waals surface area contributed by atoms with Gasteiger partial charge in [0.15, 0.2) is 0 Å². The van der Waals surface area contributed by atoms with Crippen LogP contribution in [0.2, 0.25) is 0 Å².